The van der Waals surface area contributed by atoms with Gasteiger partial charge >= 0.3 is 0 Å². The first kappa shape index (κ1) is 15.0. The van der Waals surface area contributed by atoms with Gasteiger partial charge < -0.3 is 10.1 Å². The molecule has 1 saturated heterocycles. The molecule has 1 fully saturated rings. The molecule has 1 aliphatic heterocycles. The summed E-state index contributed by atoms with van der Waals surface area (Å²) in [6.07, 6.45) is 1.35. The highest BCUT2D eigenvalue weighted by atomic mass is 35.5. The fourth-order valence-electron chi connectivity index (χ4n) is 2.71. The Labute approximate surface area is 125 Å². The molecule has 2 atom stereocenters. The van der Waals surface area contributed by atoms with E-state index in [9.17, 15) is 0 Å². The predicted molar refractivity (Wildman–Crippen MR) is 81.4 cm³/mol. The highest BCUT2D eigenvalue weighted by Gasteiger charge is 2.30. The number of hydrogen-bond donors (Lipinski definition) is 1. The Balaban J connectivity index is 2.21. The molecule has 1 aliphatic rings. The maximum atomic E-state index is 6.27. The van der Waals surface area contributed by atoms with Crippen LogP contribution in [0.1, 0.15) is 25.8 Å². The Hall–Kier alpha value is -0.440. The quantitative estimate of drug-likeness (QED) is 0.894. The van der Waals surface area contributed by atoms with Gasteiger partial charge in [0.1, 0.15) is 11.9 Å². The van der Waals surface area contributed by atoms with Gasteiger partial charge in [0, 0.05) is 17.5 Å². The SMILES string of the molecule is Cc1cc(Cl)cc(Cl)c1O[C@@H](C(C)C)[C@H]1CCNC1. The van der Waals surface area contributed by atoms with Crippen molar-refractivity contribution in [2.24, 2.45) is 11.8 Å². The highest BCUT2D eigenvalue weighted by molar-refractivity contribution is 6.35. The second-order valence-electron chi connectivity index (χ2n) is 5.61. The Morgan fingerprint density at radius 3 is 2.58 bits per heavy atom. The van der Waals surface area contributed by atoms with Crippen LogP contribution in [0.25, 0.3) is 0 Å². The van der Waals surface area contributed by atoms with E-state index in [4.69, 9.17) is 27.9 Å². The van der Waals surface area contributed by atoms with Crippen molar-refractivity contribution in [2.45, 2.75) is 33.3 Å². The molecule has 4 heteroatoms. The third-order valence-corrected chi connectivity index (χ3v) is 4.17. The summed E-state index contributed by atoms with van der Waals surface area (Å²) in [5.74, 6) is 1.78. The lowest BCUT2D eigenvalue weighted by Crippen LogP contribution is -2.33. The molecule has 1 aromatic rings. The zero-order valence-corrected chi connectivity index (χ0v) is 13.2. The minimum atomic E-state index is 0.187. The summed E-state index contributed by atoms with van der Waals surface area (Å²) in [6, 6.07) is 3.64. The minimum Gasteiger partial charge on any atom is -0.488 e. The van der Waals surface area contributed by atoms with Crippen molar-refractivity contribution in [1.29, 1.82) is 0 Å². The van der Waals surface area contributed by atoms with Gasteiger partial charge in [-0.25, -0.2) is 0 Å². The van der Waals surface area contributed by atoms with E-state index in [-0.39, 0.29) is 6.10 Å². The summed E-state index contributed by atoms with van der Waals surface area (Å²) in [7, 11) is 0. The predicted octanol–water partition coefficient (Wildman–Crippen LogP) is 4.31. The van der Waals surface area contributed by atoms with Crippen molar-refractivity contribution in [1.82, 2.24) is 5.32 Å². The number of ether oxygens (including phenoxy) is 1. The van der Waals surface area contributed by atoms with E-state index >= 15 is 0 Å². The molecule has 0 amide bonds. The molecule has 19 heavy (non-hydrogen) atoms. The van der Waals surface area contributed by atoms with Crippen LogP contribution in [-0.2, 0) is 0 Å². The average molecular weight is 302 g/mol. The fraction of sp³-hybridized carbons (Fsp3) is 0.600. The molecular weight excluding hydrogens is 281 g/mol. The monoisotopic (exact) mass is 301 g/mol. The van der Waals surface area contributed by atoms with Crippen LogP contribution >= 0.6 is 23.2 Å². The van der Waals surface area contributed by atoms with Crippen molar-refractivity contribution in [3.63, 3.8) is 0 Å². The van der Waals surface area contributed by atoms with E-state index in [1.165, 1.54) is 0 Å². The lowest BCUT2D eigenvalue weighted by atomic mass is 9.92. The molecule has 0 unspecified atom stereocenters. The second-order valence-corrected chi connectivity index (χ2v) is 6.46. The van der Waals surface area contributed by atoms with Gasteiger partial charge in [0.15, 0.2) is 0 Å². The van der Waals surface area contributed by atoms with Crippen LogP contribution in [0.2, 0.25) is 10.0 Å². The van der Waals surface area contributed by atoms with Crippen LogP contribution in [-0.4, -0.2) is 19.2 Å². The zero-order valence-electron chi connectivity index (χ0n) is 11.7. The molecule has 2 nitrogen and oxygen atoms in total. The lowest BCUT2D eigenvalue weighted by Gasteiger charge is -2.29. The van der Waals surface area contributed by atoms with Crippen molar-refractivity contribution in [3.05, 3.63) is 27.7 Å². The third-order valence-electron chi connectivity index (χ3n) is 3.67. The van der Waals surface area contributed by atoms with Gasteiger partial charge in [-0.15, -0.1) is 0 Å². The van der Waals surface area contributed by atoms with E-state index < -0.39 is 0 Å². The molecule has 106 valence electrons. The summed E-state index contributed by atoms with van der Waals surface area (Å²) in [6.45, 7) is 8.47. The molecule has 0 bridgehead atoms. The summed E-state index contributed by atoms with van der Waals surface area (Å²) in [5.41, 5.74) is 0.995. The maximum Gasteiger partial charge on any atom is 0.141 e. The zero-order chi connectivity index (χ0) is 14.0. The molecule has 2 rings (SSSR count). The van der Waals surface area contributed by atoms with E-state index in [2.05, 4.69) is 19.2 Å². The van der Waals surface area contributed by atoms with Crippen molar-refractivity contribution in [3.8, 4) is 5.75 Å². The topological polar surface area (TPSA) is 21.3 Å². The third kappa shape index (κ3) is 3.56. The number of hydrogen-bond acceptors (Lipinski definition) is 2. The summed E-state index contributed by atoms with van der Waals surface area (Å²) >= 11 is 12.3. The number of nitrogens with one attached hydrogen (secondary N) is 1. The van der Waals surface area contributed by atoms with Gasteiger partial charge in [-0.05, 0) is 43.5 Å². The van der Waals surface area contributed by atoms with Crippen LogP contribution in [0.4, 0.5) is 0 Å². The van der Waals surface area contributed by atoms with E-state index in [1.54, 1.807) is 6.07 Å². The largest absolute Gasteiger partial charge is 0.488 e. The van der Waals surface area contributed by atoms with Crippen molar-refractivity contribution < 1.29 is 4.74 Å². The molecule has 1 heterocycles. The van der Waals surface area contributed by atoms with Crippen LogP contribution in [0.3, 0.4) is 0 Å². The van der Waals surface area contributed by atoms with Crippen LogP contribution in [0.15, 0.2) is 12.1 Å². The average Bonchev–Trinajstić information content (AvgIpc) is 2.80. The summed E-state index contributed by atoms with van der Waals surface area (Å²) in [4.78, 5) is 0. The van der Waals surface area contributed by atoms with Crippen LogP contribution < -0.4 is 10.1 Å². The molecule has 0 saturated carbocycles. The number of benzene rings is 1. The number of halogens is 2. The molecule has 1 aromatic carbocycles. The Morgan fingerprint density at radius 1 is 1.32 bits per heavy atom. The standard InChI is InChI=1S/C15H21Cl2NO/c1-9(2)14(11-4-5-18-8-11)19-15-10(3)6-12(16)7-13(15)17/h6-7,9,11,14,18H,4-5,8H2,1-3H3/t11-,14-/m0/s1. The lowest BCUT2D eigenvalue weighted by molar-refractivity contribution is 0.0967. The molecule has 0 aromatic heterocycles. The first-order valence-corrected chi connectivity index (χ1v) is 7.57. The molecular formula is C15H21Cl2NO. The maximum absolute atomic E-state index is 6.27. The van der Waals surface area contributed by atoms with Gasteiger partial charge in [-0.2, -0.15) is 0 Å². The van der Waals surface area contributed by atoms with Crippen molar-refractivity contribution in [2.75, 3.05) is 13.1 Å². The first-order chi connectivity index (χ1) is 8.99. The van der Waals surface area contributed by atoms with Gasteiger partial charge in [0.2, 0.25) is 0 Å². The Bertz CT molecular complexity index is 419. The Kier molecular flexibility index (Phi) is 4.99. The second kappa shape index (κ2) is 6.34. The number of rotatable bonds is 4. The Morgan fingerprint density at radius 2 is 2.05 bits per heavy atom. The highest BCUT2D eigenvalue weighted by Crippen LogP contribution is 2.35. The van der Waals surface area contributed by atoms with Crippen molar-refractivity contribution >= 4 is 23.2 Å². The number of aryl methyl sites for hydroxylation is 1. The van der Waals surface area contributed by atoms with Crippen LogP contribution in [0, 0.1) is 18.8 Å². The van der Waals surface area contributed by atoms with E-state index in [1.807, 2.05) is 13.0 Å². The minimum absolute atomic E-state index is 0.187. The van der Waals surface area contributed by atoms with E-state index in [0.717, 1.165) is 30.8 Å². The molecule has 0 spiro atoms. The smallest absolute Gasteiger partial charge is 0.141 e. The normalized spacial score (nSPS) is 20.8. The molecule has 0 radical (unpaired) electrons. The summed E-state index contributed by atoms with van der Waals surface area (Å²) in [5, 5.41) is 4.65. The van der Waals surface area contributed by atoms with Gasteiger partial charge in [-0.3, -0.25) is 0 Å². The van der Waals surface area contributed by atoms with Crippen LogP contribution in [0.5, 0.6) is 5.75 Å². The summed E-state index contributed by atoms with van der Waals surface area (Å²) < 4.78 is 6.25. The van der Waals surface area contributed by atoms with Gasteiger partial charge in [-0.1, -0.05) is 37.0 Å². The van der Waals surface area contributed by atoms with E-state index in [0.29, 0.717) is 21.9 Å². The first-order valence-electron chi connectivity index (χ1n) is 6.82. The van der Waals surface area contributed by atoms with Gasteiger partial charge in [0.05, 0.1) is 5.02 Å². The van der Waals surface area contributed by atoms with Gasteiger partial charge in [0.25, 0.3) is 0 Å². The molecule has 0 aliphatic carbocycles. The fourth-order valence-corrected chi connectivity index (χ4v) is 3.35. The molecule has 1 N–H and O–H groups in total.